The summed E-state index contributed by atoms with van der Waals surface area (Å²) >= 11 is 9.56. The van der Waals surface area contributed by atoms with E-state index >= 15 is 0 Å². The van der Waals surface area contributed by atoms with Crippen molar-refractivity contribution in [2.75, 3.05) is 0 Å². The Balaban J connectivity index is 2.38. The Kier molecular flexibility index (Phi) is 3.90. The molecule has 0 spiro atoms. The summed E-state index contributed by atoms with van der Waals surface area (Å²) in [5, 5.41) is -4.31. The SMILES string of the molecule is FC(F)(F)[C@@](F)(Cl)[C@@](F)(Cl)Sc1c[nH]c2ccccc12. The zero-order valence-electron chi connectivity index (χ0n) is 9.44. The number of fused-ring (bicyclic) bond motifs is 1. The number of rotatable bonds is 3. The van der Waals surface area contributed by atoms with Crippen LogP contribution in [0.1, 0.15) is 0 Å². The van der Waals surface area contributed by atoms with Crippen molar-refractivity contribution in [2.45, 2.75) is 20.7 Å². The fourth-order valence-electron chi connectivity index (χ4n) is 1.50. The van der Waals surface area contributed by atoms with E-state index in [0.717, 1.165) is 0 Å². The van der Waals surface area contributed by atoms with Crippen molar-refractivity contribution >= 4 is 45.9 Å². The Labute approximate surface area is 124 Å². The number of H-pyrrole nitrogens is 1. The van der Waals surface area contributed by atoms with Crippen molar-refractivity contribution in [1.82, 2.24) is 4.98 Å². The van der Waals surface area contributed by atoms with Gasteiger partial charge < -0.3 is 4.98 Å². The lowest BCUT2D eigenvalue weighted by Crippen LogP contribution is -2.48. The molecule has 1 heterocycles. The van der Waals surface area contributed by atoms with E-state index in [0.29, 0.717) is 10.9 Å². The van der Waals surface area contributed by atoms with E-state index in [1.54, 1.807) is 18.2 Å². The summed E-state index contributed by atoms with van der Waals surface area (Å²) < 4.78 is 60.8. The van der Waals surface area contributed by atoms with Crippen molar-refractivity contribution in [3.8, 4) is 0 Å². The maximum absolute atomic E-state index is 13.9. The molecule has 1 aromatic heterocycles. The summed E-state index contributed by atoms with van der Waals surface area (Å²) in [6.07, 6.45) is -4.42. The van der Waals surface area contributed by atoms with E-state index in [2.05, 4.69) is 16.6 Å². The zero-order valence-corrected chi connectivity index (χ0v) is 11.8. The molecule has 0 aliphatic carbocycles. The maximum Gasteiger partial charge on any atom is 0.442 e. The summed E-state index contributed by atoms with van der Waals surface area (Å²) in [6.45, 7) is 0. The molecule has 2 atom stereocenters. The summed E-state index contributed by atoms with van der Waals surface area (Å²) in [5.74, 6) is 0. The first-order chi connectivity index (χ1) is 9.06. The zero-order chi connectivity index (χ0) is 15.2. The second kappa shape index (κ2) is 4.96. The molecule has 2 aromatic rings. The van der Waals surface area contributed by atoms with Crippen LogP contribution in [0.3, 0.4) is 0 Å². The van der Waals surface area contributed by atoms with E-state index in [1.807, 2.05) is 0 Å². The molecular formula is C11H6Cl2F5NS. The van der Waals surface area contributed by atoms with Crippen LogP contribution < -0.4 is 0 Å². The Hall–Kier alpha value is -0.660. The van der Waals surface area contributed by atoms with Crippen LogP contribution in [0.25, 0.3) is 10.9 Å². The van der Waals surface area contributed by atoms with Crippen molar-refractivity contribution in [2.24, 2.45) is 0 Å². The first-order valence-electron chi connectivity index (χ1n) is 5.14. The lowest BCUT2D eigenvalue weighted by Gasteiger charge is -2.30. The molecule has 0 bridgehead atoms. The van der Waals surface area contributed by atoms with Gasteiger partial charge in [0, 0.05) is 22.0 Å². The van der Waals surface area contributed by atoms with Crippen LogP contribution in [-0.2, 0) is 0 Å². The summed E-state index contributed by atoms with van der Waals surface area (Å²) in [4.78, 5) is 2.73. The molecule has 0 aliphatic rings. The minimum Gasteiger partial charge on any atom is -0.360 e. The van der Waals surface area contributed by atoms with Gasteiger partial charge in [0.05, 0.1) is 0 Å². The van der Waals surface area contributed by atoms with Crippen LogP contribution in [0.5, 0.6) is 0 Å². The van der Waals surface area contributed by atoms with E-state index in [1.165, 1.54) is 12.3 Å². The molecule has 20 heavy (non-hydrogen) atoms. The molecular weight excluding hydrogens is 344 g/mol. The lowest BCUT2D eigenvalue weighted by molar-refractivity contribution is -0.211. The second-order valence-corrected chi connectivity index (χ2v) is 6.36. The molecule has 1 N–H and O–H groups in total. The number of para-hydroxylation sites is 1. The highest BCUT2D eigenvalue weighted by Crippen LogP contribution is 2.57. The standard InChI is InChI=1S/C11H6Cl2F5NS/c12-9(14,11(16,17)18)10(13,15)20-8-5-19-7-4-2-1-3-6(7)8/h1-5,19H/t9-,10+/m1/s1. The number of hydrogen-bond donors (Lipinski definition) is 1. The molecule has 0 saturated carbocycles. The molecule has 2 rings (SSSR count). The van der Waals surface area contributed by atoms with Gasteiger partial charge in [0.25, 0.3) is 4.46 Å². The van der Waals surface area contributed by atoms with Crippen LogP contribution in [0.15, 0.2) is 35.4 Å². The third-order valence-corrected chi connectivity index (χ3v) is 4.78. The molecule has 0 unspecified atom stereocenters. The third-order valence-electron chi connectivity index (χ3n) is 2.51. The monoisotopic (exact) mass is 349 g/mol. The molecule has 110 valence electrons. The van der Waals surface area contributed by atoms with Crippen LogP contribution in [-0.4, -0.2) is 20.7 Å². The quantitative estimate of drug-likeness (QED) is 0.434. The van der Waals surface area contributed by atoms with E-state index < -0.39 is 15.8 Å². The number of benzene rings is 1. The lowest BCUT2D eigenvalue weighted by atomic mass is 10.2. The maximum atomic E-state index is 13.9. The van der Waals surface area contributed by atoms with Crippen molar-refractivity contribution in [1.29, 1.82) is 0 Å². The van der Waals surface area contributed by atoms with Crippen LogP contribution in [0.4, 0.5) is 22.0 Å². The average molecular weight is 350 g/mol. The Morgan fingerprint density at radius 1 is 1.00 bits per heavy atom. The van der Waals surface area contributed by atoms with Gasteiger partial charge in [0.15, 0.2) is 0 Å². The Morgan fingerprint density at radius 3 is 2.20 bits per heavy atom. The van der Waals surface area contributed by atoms with E-state index in [4.69, 9.17) is 11.6 Å². The van der Waals surface area contributed by atoms with Crippen molar-refractivity contribution in [3.05, 3.63) is 30.5 Å². The third kappa shape index (κ3) is 2.58. The Morgan fingerprint density at radius 2 is 1.60 bits per heavy atom. The highest BCUT2D eigenvalue weighted by Gasteiger charge is 2.69. The fraction of sp³-hybridized carbons (Fsp3) is 0.273. The molecule has 0 saturated heterocycles. The molecule has 1 nitrogen and oxygen atoms in total. The van der Waals surface area contributed by atoms with Gasteiger partial charge in [-0.2, -0.15) is 13.2 Å². The number of aromatic nitrogens is 1. The van der Waals surface area contributed by atoms with Crippen LogP contribution >= 0.6 is 35.0 Å². The highest BCUT2D eigenvalue weighted by molar-refractivity contribution is 8.02. The van der Waals surface area contributed by atoms with Gasteiger partial charge in [-0.15, -0.1) is 0 Å². The molecule has 0 radical (unpaired) electrons. The Bertz CT molecular complexity index is 623. The summed E-state index contributed by atoms with van der Waals surface area (Å²) in [7, 11) is 0. The van der Waals surface area contributed by atoms with Crippen molar-refractivity contribution in [3.63, 3.8) is 0 Å². The number of nitrogens with one attached hydrogen (secondary N) is 1. The van der Waals surface area contributed by atoms with Gasteiger partial charge in [-0.05, 0) is 6.07 Å². The van der Waals surface area contributed by atoms with E-state index in [-0.39, 0.29) is 16.7 Å². The molecule has 1 aromatic carbocycles. The number of aromatic amines is 1. The largest absolute Gasteiger partial charge is 0.442 e. The first-order valence-corrected chi connectivity index (χ1v) is 6.71. The van der Waals surface area contributed by atoms with Crippen LogP contribution in [0.2, 0.25) is 0 Å². The van der Waals surface area contributed by atoms with Crippen LogP contribution in [0, 0.1) is 0 Å². The number of thioether (sulfide) groups is 1. The summed E-state index contributed by atoms with van der Waals surface area (Å²) in [6, 6.07) is 6.43. The number of hydrogen-bond acceptors (Lipinski definition) is 1. The predicted molar refractivity (Wildman–Crippen MR) is 69.6 cm³/mol. The molecule has 0 amide bonds. The van der Waals surface area contributed by atoms with Crippen molar-refractivity contribution < 1.29 is 22.0 Å². The minimum atomic E-state index is -5.65. The normalized spacial score (nSPS) is 18.8. The number of halogens is 7. The summed E-state index contributed by atoms with van der Waals surface area (Å²) in [5.41, 5.74) is 0.550. The van der Waals surface area contributed by atoms with Gasteiger partial charge in [-0.3, -0.25) is 0 Å². The van der Waals surface area contributed by atoms with E-state index in [9.17, 15) is 22.0 Å². The fourth-order valence-corrected chi connectivity index (χ4v) is 2.89. The topological polar surface area (TPSA) is 15.8 Å². The highest BCUT2D eigenvalue weighted by atomic mass is 35.5. The van der Waals surface area contributed by atoms with Gasteiger partial charge in [0.1, 0.15) is 0 Å². The number of alkyl halides is 7. The second-order valence-electron chi connectivity index (χ2n) is 3.89. The van der Waals surface area contributed by atoms with Gasteiger partial charge in [-0.25, -0.2) is 8.78 Å². The smallest absolute Gasteiger partial charge is 0.360 e. The average Bonchev–Trinajstić information content (AvgIpc) is 2.71. The van der Waals surface area contributed by atoms with Gasteiger partial charge >= 0.3 is 11.3 Å². The molecule has 0 fully saturated rings. The molecule has 9 heteroatoms. The predicted octanol–water partition coefficient (Wildman–Crippen LogP) is 5.59. The molecule has 0 aliphatic heterocycles. The van der Waals surface area contributed by atoms with Gasteiger partial charge in [-0.1, -0.05) is 53.2 Å². The minimum absolute atomic E-state index is 0.0185. The van der Waals surface area contributed by atoms with Gasteiger partial charge in [0.2, 0.25) is 0 Å². The first kappa shape index (κ1) is 15.7.